The Morgan fingerprint density at radius 1 is 1.26 bits per heavy atom. The van der Waals surface area contributed by atoms with Crippen LogP contribution in [-0.4, -0.2) is 53.5 Å². The molecule has 126 valence electrons. The second kappa shape index (κ2) is 7.77. The summed E-state index contributed by atoms with van der Waals surface area (Å²) in [5.74, 6) is 1.47. The van der Waals surface area contributed by atoms with Crippen LogP contribution in [0.4, 0.5) is 4.79 Å². The van der Waals surface area contributed by atoms with Gasteiger partial charge < -0.3 is 10.2 Å². The summed E-state index contributed by atoms with van der Waals surface area (Å²) < 4.78 is 0. The molecule has 3 heterocycles. The molecule has 0 aromatic carbocycles. The van der Waals surface area contributed by atoms with Crippen molar-refractivity contribution >= 4 is 6.03 Å². The predicted octanol–water partition coefficient (Wildman–Crippen LogP) is 2.35. The van der Waals surface area contributed by atoms with Crippen LogP contribution >= 0.6 is 0 Å². The molecular formula is C18H28N4O. The number of urea groups is 1. The highest BCUT2D eigenvalue weighted by Gasteiger charge is 2.33. The molecule has 1 unspecified atom stereocenters. The number of hydrogen-bond acceptors (Lipinski definition) is 3. The molecule has 1 N–H and O–H groups in total. The number of hydrogen-bond donors (Lipinski definition) is 1. The lowest BCUT2D eigenvalue weighted by Crippen LogP contribution is -2.40. The van der Waals surface area contributed by atoms with Gasteiger partial charge in [-0.25, -0.2) is 4.79 Å². The minimum absolute atomic E-state index is 0.115. The van der Waals surface area contributed by atoms with Gasteiger partial charge in [0.1, 0.15) is 0 Å². The number of likely N-dealkylation sites (tertiary alicyclic amines) is 2. The van der Waals surface area contributed by atoms with Crippen LogP contribution in [-0.2, 0) is 6.54 Å². The van der Waals surface area contributed by atoms with Crippen molar-refractivity contribution in [3.05, 3.63) is 30.1 Å². The van der Waals surface area contributed by atoms with Crippen LogP contribution in [0.2, 0.25) is 0 Å². The zero-order valence-electron chi connectivity index (χ0n) is 14.1. The standard InChI is InChI=1S/C18H28N4O/c1-2-20-18(23)22-11-7-17(14-22)16-5-9-21(10-6-16)13-15-4-3-8-19-12-15/h3-4,8,12,16-17H,2,5-7,9-11,13-14H2,1H3,(H,20,23). The van der Waals surface area contributed by atoms with Gasteiger partial charge in [-0.3, -0.25) is 9.88 Å². The smallest absolute Gasteiger partial charge is 0.317 e. The van der Waals surface area contributed by atoms with Gasteiger partial charge in [0.15, 0.2) is 0 Å². The second-order valence-corrected chi connectivity index (χ2v) is 6.81. The van der Waals surface area contributed by atoms with Crippen LogP contribution in [0.1, 0.15) is 31.7 Å². The molecule has 2 aliphatic rings. The molecule has 23 heavy (non-hydrogen) atoms. The van der Waals surface area contributed by atoms with Crippen LogP contribution in [0, 0.1) is 11.8 Å². The zero-order valence-corrected chi connectivity index (χ0v) is 14.1. The van der Waals surface area contributed by atoms with E-state index in [1.165, 1.54) is 24.8 Å². The van der Waals surface area contributed by atoms with E-state index in [2.05, 4.69) is 21.3 Å². The quantitative estimate of drug-likeness (QED) is 0.927. The number of nitrogens with one attached hydrogen (secondary N) is 1. The number of amides is 2. The normalized spacial score (nSPS) is 23.2. The van der Waals surface area contributed by atoms with Crippen molar-refractivity contribution in [1.29, 1.82) is 0 Å². The van der Waals surface area contributed by atoms with Crippen LogP contribution < -0.4 is 5.32 Å². The van der Waals surface area contributed by atoms with E-state index in [9.17, 15) is 4.79 Å². The van der Waals surface area contributed by atoms with Crippen molar-refractivity contribution in [2.24, 2.45) is 11.8 Å². The third kappa shape index (κ3) is 4.22. The molecule has 1 aromatic heterocycles. The van der Waals surface area contributed by atoms with Crippen LogP contribution in [0.25, 0.3) is 0 Å². The average molecular weight is 316 g/mol. The second-order valence-electron chi connectivity index (χ2n) is 6.81. The van der Waals surface area contributed by atoms with Gasteiger partial charge in [0, 0.05) is 38.6 Å². The number of piperidine rings is 1. The maximum absolute atomic E-state index is 11.9. The topological polar surface area (TPSA) is 48.5 Å². The van der Waals surface area contributed by atoms with Crippen molar-refractivity contribution in [3.63, 3.8) is 0 Å². The number of carbonyl (C=O) groups excluding carboxylic acids is 1. The molecule has 2 fully saturated rings. The fourth-order valence-corrected chi connectivity index (χ4v) is 3.95. The first kappa shape index (κ1) is 16.2. The molecular weight excluding hydrogens is 288 g/mol. The van der Waals surface area contributed by atoms with Gasteiger partial charge in [-0.1, -0.05) is 6.07 Å². The van der Waals surface area contributed by atoms with E-state index in [0.29, 0.717) is 12.5 Å². The fourth-order valence-electron chi connectivity index (χ4n) is 3.95. The Labute approximate surface area is 139 Å². The number of carbonyl (C=O) groups is 1. The van der Waals surface area contributed by atoms with Crippen molar-refractivity contribution in [3.8, 4) is 0 Å². The van der Waals surface area contributed by atoms with Gasteiger partial charge in [-0.2, -0.15) is 0 Å². The van der Waals surface area contributed by atoms with Gasteiger partial charge in [0.05, 0.1) is 0 Å². The summed E-state index contributed by atoms with van der Waals surface area (Å²) in [5, 5.41) is 2.92. The van der Waals surface area contributed by atoms with Crippen molar-refractivity contribution in [2.75, 3.05) is 32.7 Å². The Bertz CT molecular complexity index is 499. The van der Waals surface area contributed by atoms with Crippen LogP contribution in [0.15, 0.2) is 24.5 Å². The number of aromatic nitrogens is 1. The summed E-state index contributed by atoms with van der Waals surface area (Å²) in [4.78, 5) is 20.7. The summed E-state index contributed by atoms with van der Waals surface area (Å²) in [7, 11) is 0. The van der Waals surface area contributed by atoms with E-state index in [-0.39, 0.29) is 6.03 Å². The van der Waals surface area contributed by atoms with E-state index in [0.717, 1.165) is 38.6 Å². The molecule has 0 spiro atoms. The van der Waals surface area contributed by atoms with Gasteiger partial charge >= 0.3 is 6.03 Å². The molecule has 5 nitrogen and oxygen atoms in total. The lowest BCUT2D eigenvalue weighted by Gasteiger charge is -2.34. The third-order valence-electron chi connectivity index (χ3n) is 5.27. The molecule has 2 saturated heterocycles. The Morgan fingerprint density at radius 2 is 2.04 bits per heavy atom. The van der Waals surface area contributed by atoms with Crippen molar-refractivity contribution in [1.82, 2.24) is 20.1 Å². The molecule has 3 rings (SSSR count). The summed E-state index contributed by atoms with van der Waals surface area (Å²) in [6.45, 7) is 7.90. The highest BCUT2D eigenvalue weighted by atomic mass is 16.2. The number of pyridine rings is 1. The van der Waals surface area contributed by atoms with E-state index in [1.54, 1.807) is 0 Å². The highest BCUT2D eigenvalue weighted by molar-refractivity contribution is 5.74. The molecule has 0 aliphatic carbocycles. The first-order valence-corrected chi connectivity index (χ1v) is 8.90. The summed E-state index contributed by atoms with van der Waals surface area (Å²) in [6, 6.07) is 4.28. The Hall–Kier alpha value is -1.62. The largest absolute Gasteiger partial charge is 0.338 e. The molecule has 0 saturated carbocycles. The molecule has 2 aliphatic heterocycles. The van der Waals surface area contributed by atoms with Crippen LogP contribution in [0.5, 0.6) is 0 Å². The summed E-state index contributed by atoms with van der Waals surface area (Å²) in [6.07, 6.45) is 7.48. The molecule has 5 heteroatoms. The SMILES string of the molecule is CCNC(=O)N1CCC(C2CCN(Cc3cccnc3)CC2)C1. The fraction of sp³-hybridized carbons (Fsp3) is 0.667. The number of nitrogens with zero attached hydrogens (tertiary/aromatic N) is 3. The monoisotopic (exact) mass is 316 g/mol. The van der Waals surface area contributed by atoms with Crippen molar-refractivity contribution in [2.45, 2.75) is 32.7 Å². The molecule has 0 radical (unpaired) electrons. The minimum Gasteiger partial charge on any atom is -0.338 e. The van der Waals surface area contributed by atoms with E-state index in [1.807, 2.05) is 30.3 Å². The Morgan fingerprint density at radius 3 is 2.74 bits per heavy atom. The minimum atomic E-state index is 0.115. The number of rotatable bonds is 4. The lowest BCUT2D eigenvalue weighted by molar-refractivity contribution is 0.142. The van der Waals surface area contributed by atoms with E-state index < -0.39 is 0 Å². The zero-order chi connectivity index (χ0) is 16.1. The average Bonchev–Trinajstić information content (AvgIpc) is 3.07. The first-order chi connectivity index (χ1) is 11.3. The molecule has 1 aromatic rings. The van der Waals surface area contributed by atoms with Gasteiger partial charge in [0.2, 0.25) is 0 Å². The maximum Gasteiger partial charge on any atom is 0.317 e. The summed E-state index contributed by atoms with van der Waals surface area (Å²) in [5.41, 5.74) is 1.30. The van der Waals surface area contributed by atoms with Gasteiger partial charge in [-0.15, -0.1) is 0 Å². The maximum atomic E-state index is 11.9. The molecule has 1 atom stereocenters. The van der Waals surface area contributed by atoms with E-state index in [4.69, 9.17) is 0 Å². The Balaban J connectivity index is 1.43. The predicted molar refractivity (Wildman–Crippen MR) is 91.0 cm³/mol. The van der Waals surface area contributed by atoms with E-state index >= 15 is 0 Å². The molecule has 0 bridgehead atoms. The molecule has 2 amide bonds. The first-order valence-electron chi connectivity index (χ1n) is 8.90. The van der Waals surface area contributed by atoms with Crippen LogP contribution in [0.3, 0.4) is 0 Å². The van der Waals surface area contributed by atoms with Crippen molar-refractivity contribution < 1.29 is 4.79 Å². The van der Waals surface area contributed by atoms with Gasteiger partial charge in [-0.05, 0) is 62.7 Å². The highest BCUT2D eigenvalue weighted by Crippen LogP contribution is 2.32. The van der Waals surface area contributed by atoms with Gasteiger partial charge in [0.25, 0.3) is 0 Å². The summed E-state index contributed by atoms with van der Waals surface area (Å²) >= 11 is 0. The Kier molecular flexibility index (Phi) is 5.49. The lowest BCUT2D eigenvalue weighted by atomic mass is 9.83. The third-order valence-corrected chi connectivity index (χ3v) is 5.27.